The summed E-state index contributed by atoms with van der Waals surface area (Å²) in [6.45, 7) is 10.2. The van der Waals surface area contributed by atoms with Crippen molar-refractivity contribution in [1.29, 1.82) is 0 Å². The molecule has 4 rings (SSSR count). The maximum absolute atomic E-state index is 4.88. The third-order valence-corrected chi connectivity index (χ3v) is 5.41. The van der Waals surface area contributed by atoms with Gasteiger partial charge in [-0.25, -0.2) is 4.68 Å². The standard InChI is InChI=1S/C24H29N5/c1-19(2)17-28-13-10-22(11-14-28)26-16-21-18-29(23-8-4-3-5-9-23)27-24(21)20-7-6-12-25-15-20/h3-9,12,15,18,22,26H,1,10-11,13-14,16-17H2,2H3. The first-order chi connectivity index (χ1) is 14.2. The molecule has 0 bridgehead atoms. The first kappa shape index (κ1) is 19.6. The number of likely N-dealkylation sites (tertiary alicyclic amines) is 1. The Balaban J connectivity index is 1.48. The highest BCUT2D eigenvalue weighted by Crippen LogP contribution is 2.23. The van der Waals surface area contributed by atoms with Gasteiger partial charge < -0.3 is 5.32 Å². The topological polar surface area (TPSA) is 46.0 Å². The molecule has 0 spiro atoms. The number of piperidine rings is 1. The van der Waals surface area contributed by atoms with Gasteiger partial charge in [0.2, 0.25) is 0 Å². The summed E-state index contributed by atoms with van der Waals surface area (Å²) in [5, 5.41) is 8.64. The van der Waals surface area contributed by atoms with E-state index in [1.54, 1.807) is 6.20 Å². The third kappa shape index (κ3) is 5.00. The number of benzene rings is 1. The molecule has 0 aliphatic carbocycles. The number of aromatic nitrogens is 3. The van der Waals surface area contributed by atoms with Crippen LogP contribution in [0.5, 0.6) is 0 Å². The molecule has 1 fully saturated rings. The van der Waals surface area contributed by atoms with Crippen LogP contribution in [-0.2, 0) is 6.54 Å². The van der Waals surface area contributed by atoms with Gasteiger partial charge in [-0.05, 0) is 57.1 Å². The lowest BCUT2D eigenvalue weighted by Crippen LogP contribution is -2.42. The summed E-state index contributed by atoms with van der Waals surface area (Å²) in [5.74, 6) is 0. The van der Waals surface area contributed by atoms with Crippen molar-refractivity contribution in [3.8, 4) is 16.9 Å². The lowest BCUT2D eigenvalue weighted by Gasteiger charge is -2.32. The molecular formula is C24H29N5. The van der Waals surface area contributed by atoms with Gasteiger partial charge in [-0.1, -0.05) is 30.4 Å². The van der Waals surface area contributed by atoms with Gasteiger partial charge in [-0.15, -0.1) is 0 Å². The SMILES string of the molecule is C=C(C)CN1CCC(NCc2cn(-c3ccccc3)nc2-c2cccnc2)CC1. The molecule has 0 unspecified atom stereocenters. The summed E-state index contributed by atoms with van der Waals surface area (Å²) < 4.78 is 1.97. The van der Waals surface area contributed by atoms with Crippen LogP contribution in [0.4, 0.5) is 0 Å². The van der Waals surface area contributed by atoms with Crippen molar-refractivity contribution < 1.29 is 0 Å². The summed E-state index contributed by atoms with van der Waals surface area (Å²) in [5.41, 5.74) is 5.55. The molecule has 0 amide bonds. The van der Waals surface area contributed by atoms with Crippen molar-refractivity contribution in [3.63, 3.8) is 0 Å². The zero-order valence-electron chi connectivity index (χ0n) is 17.1. The fourth-order valence-corrected chi connectivity index (χ4v) is 3.93. The quantitative estimate of drug-likeness (QED) is 0.621. The molecule has 5 heteroatoms. The van der Waals surface area contributed by atoms with Crippen LogP contribution >= 0.6 is 0 Å². The smallest absolute Gasteiger partial charge is 0.0988 e. The molecule has 0 saturated carbocycles. The fraction of sp³-hybridized carbons (Fsp3) is 0.333. The number of para-hydroxylation sites is 1. The van der Waals surface area contributed by atoms with Gasteiger partial charge in [-0.3, -0.25) is 9.88 Å². The predicted molar refractivity (Wildman–Crippen MR) is 118 cm³/mol. The second-order valence-corrected chi connectivity index (χ2v) is 7.91. The van der Waals surface area contributed by atoms with Gasteiger partial charge in [0.25, 0.3) is 0 Å². The molecule has 150 valence electrons. The van der Waals surface area contributed by atoms with Crippen molar-refractivity contribution >= 4 is 0 Å². The molecule has 5 nitrogen and oxygen atoms in total. The molecule has 1 aliphatic heterocycles. The average molecular weight is 388 g/mol. The molecule has 0 atom stereocenters. The van der Waals surface area contributed by atoms with Gasteiger partial charge in [0.15, 0.2) is 0 Å². The van der Waals surface area contributed by atoms with E-state index in [4.69, 9.17) is 5.10 Å². The Kier molecular flexibility index (Phi) is 6.17. The average Bonchev–Trinajstić information content (AvgIpc) is 3.18. The highest BCUT2D eigenvalue weighted by atomic mass is 15.3. The fourth-order valence-electron chi connectivity index (χ4n) is 3.93. The van der Waals surface area contributed by atoms with E-state index in [9.17, 15) is 0 Å². The van der Waals surface area contributed by atoms with E-state index >= 15 is 0 Å². The van der Waals surface area contributed by atoms with Crippen molar-refractivity contribution in [3.05, 3.63) is 78.8 Å². The number of pyridine rings is 1. The summed E-state index contributed by atoms with van der Waals surface area (Å²) >= 11 is 0. The third-order valence-electron chi connectivity index (χ3n) is 5.41. The largest absolute Gasteiger partial charge is 0.310 e. The lowest BCUT2D eigenvalue weighted by molar-refractivity contribution is 0.211. The van der Waals surface area contributed by atoms with Crippen molar-refractivity contribution in [2.45, 2.75) is 32.4 Å². The monoisotopic (exact) mass is 387 g/mol. The van der Waals surface area contributed by atoms with E-state index in [2.05, 4.69) is 53.1 Å². The molecule has 1 aromatic carbocycles. The molecular weight excluding hydrogens is 358 g/mol. The van der Waals surface area contributed by atoms with Crippen LogP contribution in [0, 0.1) is 0 Å². The Bertz CT molecular complexity index is 924. The van der Waals surface area contributed by atoms with Gasteiger partial charge in [0.1, 0.15) is 0 Å². The summed E-state index contributed by atoms with van der Waals surface area (Å²) in [4.78, 5) is 6.78. The van der Waals surface area contributed by atoms with Crippen LogP contribution in [-0.4, -0.2) is 45.3 Å². The van der Waals surface area contributed by atoms with Crippen LogP contribution in [0.2, 0.25) is 0 Å². The minimum atomic E-state index is 0.540. The number of hydrogen-bond acceptors (Lipinski definition) is 4. The Hall–Kier alpha value is -2.76. The van der Waals surface area contributed by atoms with Gasteiger partial charge in [0, 0.05) is 48.8 Å². The zero-order valence-corrected chi connectivity index (χ0v) is 17.1. The van der Waals surface area contributed by atoms with E-state index in [0.717, 1.165) is 43.1 Å². The van der Waals surface area contributed by atoms with Crippen LogP contribution in [0.25, 0.3) is 16.9 Å². The molecule has 1 saturated heterocycles. The van der Waals surface area contributed by atoms with Gasteiger partial charge >= 0.3 is 0 Å². The van der Waals surface area contributed by atoms with E-state index < -0.39 is 0 Å². The summed E-state index contributed by atoms with van der Waals surface area (Å²) in [6.07, 6.45) is 8.16. The van der Waals surface area contributed by atoms with E-state index in [1.165, 1.54) is 24.0 Å². The first-order valence-corrected chi connectivity index (χ1v) is 10.3. The zero-order chi connectivity index (χ0) is 20.1. The van der Waals surface area contributed by atoms with Crippen LogP contribution in [0.3, 0.4) is 0 Å². The summed E-state index contributed by atoms with van der Waals surface area (Å²) in [6, 6.07) is 14.8. The van der Waals surface area contributed by atoms with E-state index in [1.807, 2.05) is 35.1 Å². The Morgan fingerprint density at radius 3 is 2.62 bits per heavy atom. The number of hydrogen-bond donors (Lipinski definition) is 1. The van der Waals surface area contributed by atoms with Crippen molar-refractivity contribution in [2.24, 2.45) is 0 Å². The predicted octanol–water partition coefficient (Wildman–Crippen LogP) is 4.06. The minimum Gasteiger partial charge on any atom is -0.310 e. The highest BCUT2D eigenvalue weighted by Gasteiger charge is 2.20. The van der Waals surface area contributed by atoms with E-state index in [0.29, 0.717) is 6.04 Å². The molecule has 1 N–H and O–H groups in total. The van der Waals surface area contributed by atoms with Crippen LogP contribution in [0.1, 0.15) is 25.3 Å². The Labute approximate surface area is 173 Å². The molecule has 1 aliphatic rings. The molecule has 0 radical (unpaired) electrons. The normalized spacial score (nSPS) is 15.5. The van der Waals surface area contributed by atoms with Crippen molar-refractivity contribution in [1.82, 2.24) is 25.0 Å². The second-order valence-electron chi connectivity index (χ2n) is 7.91. The summed E-state index contributed by atoms with van der Waals surface area (Å²) in [7, 11) is 0. The second kappa shape index (κ2) is 9.16. The number of nitrogens with one attached hydrogen (secondary N) is 1. The highest BCUT2D eigenvalue weighted by molar-refractivity contribution is 5.62. The van der Waals surface area contributed by atoms with Crippen molar-refractivity contribution in [2.75, 3.05) is 19.6 Å². The molecule has 3 heterocycles. The Morgan fingerprint density at radius 1 is 1.14 bits per heavy atom. The number of nitrogens with zero attached hydrogens (tertiary/aromatic N) is 4. The first-order valence-electron chi connectivity index (χ1n) is 10.3. The minimum absolute atomic E-state index is 0.540. The number of rotatable bonds is 7. The molecule has 3 aromatic rings. The van der Waals surface area contributed by atoms with Gasteiger partial charge in [0.05, 0.1) is 11.4 Å². The maximum Gasteiger partial charge on any atom is 0.0988 e. The molecule has 29 heavy (non-hydrogen) atoms. The molecule has 2 aromatic heterocycles. The van der Waals surface area contributed by atoms with E-state index in [-0.39, 0.29) is 0 Å². The maximum atomic E-state index is 4.88. The van der Waals surface area contributed by atoms with Gasteiger partial charge in [-0.2, -0.15) is 5.10 Å². The van der Waals surface area contributed by atoms with Crippen LogP contribution < -0.4 is 5.32 Å². The Morgan fingerprint density at radius 2 is 1.93 bits per heavy atom. The van der Waals surface area contributed by atoms with Crippen LogP contribution in [0.15, 0.2) is 73.2 Å². The lowest BCUT2D eigenvalue weighted by atomic mass is 10.0.